The molecule has 1 aliphatic rings. The Kier molecular flexibility index (Phi) is 4.57. The number of aryl methyl sites for hydroxylation is 1. The summed E-state index contributed by atoms with van der Waals surface area (Å²) in [7, 11) is 1.74. The van der Waals surface area contributed by atoms with Gasteiger partial charge in [-0.25, -0.2) is 5.84 Å². The van der Waals surface area contributed by atoms with Crippen molar-refractivity contribution in [3.63, 3.8) is 0 Å². The van der Waals surface area contributed by atoms with Crippen LogP contribution in [0.4, 0.5) is 0 Å². The Morgan fingerprint density at radius 1 is 1.68 bits per heavy atom. The van der Waals surface area contributed by atoms with Crippen LogP contribution in [-0.4, -0.2) is 37.6 Å². The molecule has 0 radical (unpaired) electrons. The number of hydrogen-bond donors (Lipinski definition) is 2. The van der Waals surface area contributed by atoms with Crippen LogP contribution in [0.15, 0.2) is 10.5 Å². The second-order valence-electron chi connectivity index (χ2n) is 5.01. The van der Waals surface area contributed by atoms with Gasteiger partial charge in [0, 0.05) is 25.8 Å². The van der Waals surface area contributed by atoms with E-state index in [0.29, 0.717) is 5.92 Å². The van der Waals surface area contributed by atoms with Crippen LogP contribution in [0.5, 0.6) is 0 Å². The van der Waals surface area contributed by atoms with Crippen LogP contribution in [0.3, 0.4) is 0 Å². The van der Waals surface area contributed by atoms with Gasteiger partial charge in [-0.1, -0.05) is 0 Å². The third kappa shape index (κ3) is 3.34. The van der Waals surface area contributed by atoms with E-state index in [0.717, 1.165) is 44.0 Å². The lowest BCUT2D eigenvalue weighted by Gasteiger charge is -2.15. The molecule has 3 N–H and O–H groups in total. The number of methoxy groups -OCH3 is 1. The van der Waals surface area contributed by atoms with Crippen molar-refractivity contribution in [1.82, 2.24) is 10.3 Å². The summed E-state index contributed by atoms with van der Waals surface area (Å²) in [6.45, 7) is 5.55. The smallest absolute Gasteiger partial charge is 0.300 e. The zero-order valence-corrected chi connectivity index (χ0v) is 11.4. The minimum Gasteiger partial charge on any atom is -0.456 e. The fourth-order valence-electron chi connectivity index (χ4n) is 2.53. The molecule has 1 fully saturated rings. The van der Waals surface area contributed by atoms with Crippen molar-refractivity contribution in [3.8, 4) is 0 Å². The van der Waals surface area contributed by atoms with Gasteiger partial charge in [0.1, 0.15) is 5.76 Å². The van der Waals surface area contributed by atoms with E-state index in [1.165, 1.54) is 0 Å². The number of nitrogen functional groups attached to an aromatic ring is 1. The van der Waals surface area contributed by atoms with Crippen LogP contribution in [0.1, 0.15) is 28.3 Å². The highest BCUT2D eigenvalue weighted by molar-refractivity contribution is 5.91. The SMILES string of the molecule is COCC1CCN(Cc2cc(C(=O)NN)oc2C)C1. The molecule has 6 nitrogen and oxygen atoms in total. The van der Waals surface area contributed by atoms with Gasteiger partial charge in [0.25, 0.3) is 0 Å². The van der Waals surface area contributed by atoms with Crippen molar-refractivity contribution in [2.24, 2.45) is 11.8 Å². The van der Waals surface area contributed by atoms with Gasteiger partial charge in [-0.05, 0) is 31.9 Å². The number of likely N-dealkylation sites (tertiary alicyclic amines) is 1. The first kappa shape index (κ1) is 14.0. The predicted molar refractivity (Wildman–Crippen MR) is 70.4 cm³/mol. The highest BCUT2D eigenvalue weighted by Crippen LogP contribution is 2.22. The van der Waals surface area contributed by atoms with Crippen molar-refractivity contribution in [1.29, 1.82) is 0 Å². The third-order valence-electron chi connectivity index (χ3n) is 3.54. The van der Waals surface area contributed by atoms with E-state index >= 15 is 0 Å². The molecule has 1 aliphatic heterocycles. The molecule has 1 aromatic heterocycles. The number of amides is 1. The monoisotopic (exact) mass is 267 g/mol. The molecule has 0 saturated carbocycles. The summed E-state index contributed by atoms with van der Waals surface area (Å²) in [6, 6.07) is 1.77. The Bertz CT molecular complexity index is 444. The van der Waals surface area contributed by atoms with E-state index in [9.17, 15) is 4.79 Å². The van der Waals surface area contributed by atoms with Crippen LogP contribution in [0.25, 0.3) is 0 Å². The number of carbonyl (C=O) groups excluding carboxylic acids is 1. The maximum Gasteiger partial charge on any atom is 0.300 e. The summed E-state index contributed by atoms with van der Waals surface area (Å²) in [5.74, 6) is 6.34. The quantitative estimate of drug-likeness (QED) is 0.465. The summed E-state index contributed by atoms with van der Waals surface area (Å²) in [5.41, 5.74) is 3.12. The topological polar surface area (TPSA) is 80.7 Å². The highest BCUT2D eigenvalue weighted by Gasteiger charge is 2.24. The normalized spacial score (nSPS) is 19.8. The molecule has 0 spiro atoms. The lowest BCUT2D eigenvalue weighted by molar-refractivity contribution is 0.0924. The van der Waals surface area contributed by atoms with Crippen LogP contribution >= 0.6 is 0 Å². The maximum atomic E-state index is 11.4. The van der Waals surface area contributed by atoms with Gasteiger partial charge in [-0.3, -0.25) is 15.1 Å². The van der Waals surface area contributed by atoms with Crippen molar-refractivity contribution < 1.29 is 13.9 Å². The van der Waals surface area contributed by atoms with Crippen LogP contribution in [0.2, 0.25) is 0 Å². The third-order valence-corrected chi connectivity index (χ3v) is 3.54. The second kappa shape index (κ2) is 6.18. The number of ether oxygens (including phenoxy) is 1. The average Bonchev–Trinajstić information content (AvgIpc) is 2.97. The molecule has 0 aromatic carbocycles. The summed E-state index contributed by atoms with van der Waals surface area (Å²) in [6.07, 6.45) is 1.15. The number of hydrogen-bond acceptors (Lipinski definition) is 5. The zero-order valence-electron chi connectivity index (χ0n) is 11.4. The molecule has 1 aromatic rings. The van der Waals surface area contributed by atoms with Crippen molar-refractivity contribution in [2.75, 3.05) is 26.8 Å². The fraction of sp³-hybridized carbons (Fsp3) is 0.615. The van der Waals surface area contributed by atoms with Gasteiger partial charge < -0.3 is 9.15 Å². The molecule has 1 amide bonds. The largest absolute Gasteiger partial charge is 0.456 e. The molecule has 1 atom stereocenters. The number of carbonyl (C=O) groups is 1. The van der Waals surface area contributed by atoms with E-state index in [-0.39, 0.29) is 5.76 Å². The molecular formula is C13H21N3O3. The highest BCUT2D eigenvalue weighted by atomic mass is 16.5. The van der Waals surface area contributed by atoms with Gasteiger partial charge in [0.15, 0.2) is 5.76 Å². The van der Waals surface area contributed by atoms with Gasteiger partial charge in [0.05, 0.1) is 6.61 Å². The first-order valence-electron chi connectivity index (χ1n) is 6.45. The molecule has 106 valence electrons. The van der Waals surface area contributed by atoms with Gasteiger partial charge in [0.2, 0.25) is 0 Å². The molecule has 19 heavy (non-hydrogen) atoms. The summed E-state index contributed by atoms with van der Waals surface area (Å²) in [4.78, 5) is 13.7. The molecule has 6 heteroatoms. The lowest BCUT2D eigenvalue weighted by Crippen LogP contribution is -2.29. The Balaban J connectivity index is 1.96. The number of hydrazine groups is 1. The Morgan fingerprint density at radius 2 is 2.47 bits per heavy atom. The van der Waals surface area contributed by atoms with Gasteiger partial charge >= 0.3 is 5.91 Å². The molecule has 1 saturated heterocycles. The zero-order chi connectivity index (χ0) is 13.8. The van der Waals surface area contributed by atoms with Gasteiger partial charge in [-0.15, -0.1) is 0 Å². The van der Waals surface area contributed by atoms with E-state index in [4.69, 9.17) is 15.0 Å². The standard InChI is InChI=1S/C13H21N3O3/c1-9-11(5-12(19-9)13(17)15-14)7-16-4-3-10(6-16)8-18-2/h5,10H,3-4,6-8,14H2,1-2H3,(H,15,17). The summed E-state index contributed by atoms with van der Waals surface area (Å²) < 4.78 is 10.6. The van der Waals surface area contributed by atoms with E-state index in [1.807, 2.05) is 6.92 Å². The first-order chi connectivity index (χ1) is 9.13. The van der Waals surface area contributed by atoms with E-state index < -0.39 is 5.91 Å². The summed E-state index contributed by atoms with van der Waals surface area (Å²) >= 11 is 0. The number of rotatable bonds is 5. The van der Waals surface area contributed by atoms with E-state index in [2.05, 4.69) is 10.3 Å². The number of nitrogens with one attached hydrogen (secondary N) is 1. The number of nitrogens with zero attached hydrogens (tertiary/aromatic N) is 1. The molecular weight excluding hydrogens is 246 g/mol. The Labute approximate surface area is 112 Å². The molecule has 2 rings (SSSR count). The van der Waals surface area contributed by atoms with Crippen molar-refractivity contribution >= 4 is 5.91 Å². The maximum absolute atomic E-state index is 11.4. The van der Waals surface area contributed by atoms with Crippen LogP contribution in [-0.2, 0) is 11.3 Å². The van der Waals surface area contributed by atoms with Crippen molar-refractivity contribution in [3.05, 3.63) is 23.2 Å². The predicted octanol–water partition coefficient (Wildman–Crippen LogP) is 0.660. The Hall–Kier alpha value is -1.37. The lowest BCUT2D eigenvalue weighted by atomic mass is 10.1. The molecule has 0 aliphatic carbocycles. The minimum atomic E-state index is -0.395. The second-order valence-corrected chi connectivity index (χ2v) is 5.01. The first-order valence-corrected chi connectivity index (χ1v) is 6.45. The average molecular weight is 267 g/mol. The molecule has 0 bridgehead atoms. The van der Waals surface area contributed by atoms with Crippen molar-refractivity contribution in [2.45, 2.75) is 19.9 Å². The van der Waals surface area contributed by atoms with Crippen LogP contribution < -0.4 is 11.3 Å². The number of nitrogens with two attached hydrogens (primary N) is 1. The van der Waals surface area contributed by atoms with E-state index in [1.54, 1.807) is 13.2 Å². The summed E-state index contributed by atoms with van der Waals surface area (Å²) in [5, 5.41) is 0. The fourth-order valence-corrected chi connectivity index (χ4v) is 2.53. The van der Waals surface area contributed by atoms with Gasteiger partial charge in [-0.2, -0.15) is 0 Å². The van der Waals surface area contributed by atoms with Crippen LogP contribution in [0, 0.1) is 12.8 Å². The minimum absolute atomic E-state index is 0.266. The molecule has 1 unspecified atom stereocenters. The number of furan rings is 1. The Morgan fingerprint density at radius 3 is 3.16 bits per heavy atom. The molecule has 2 heterocycles.